The molecule has 188 valence electrons. The summed E-state index contributed by atoms with van der Waals surface area (Å²) in [6.07, 6.45) is 9.69. The van der Waals surface area contributed by atoms with E-state index in [0.717, 1.165) is 67.8 Å². The van der Waals surface area contributed by atoms with Crippen molar-refractivity contribution in [1.82, 2.24) is 10.2 Å². The van der Waals surface area contributed by atoms with Crippen molar-refractivity contribution in [3.8, 4) is 5.75 Å². The van der Waals surface area contributed by atoms with E-state index in [1.807, 2.05) is 18.2 Å². The third kappa shape index (κ3) is 5.16. The van der Waals surface area contributed by atoms with Crippen LogP contribution >= 0.6 is 0 Å². The first kappa shape index (κ1) is 23.8. The lowest BCUT2D eigenvalue weighted by molar-refractivity contribution is -0.214. The maximum Gasteiger partial charge on any atom is 0.171 e. The molecule has 1 aromatic carbocycles. The molecule has 0 bridgehead atoms. The Hall–Kier alpha value is -1.96. The van der Waals surface area contributed by atoms with Gasteiger partial charge in [-0.15, -0.1) is 0 Å². The number of benzene rings is 1. The van der Waals surface area contributed by atoms with Crippen LogP contribution in [0.4, 0.5) is 5.69 Å². The van der Waals surface area contributed by atoms with Gasteiger partial charge in [-0.25, -0.2) is 0 Å². The molecule has 3 heterocycles. The van der Waals surface area contributed by atoms with Crippen molar-refractivity contribution in [1.29, 1.82) is 0 Å². The summed E-state index contributed by atoms with van der Waals surface area (Å²) in [6, 6.07) is 5.94. The van der Waals surface area contributed by atoms with Crippen LogP contribution in [0.15, 0.2) is 24.0 Å². The summed E-state index contributed by atoms with van der Waals surface area (Å²) in [5.74, 6) is 2.19. The maximum atomic E-state index is 10.5. The monoisotopic (exact) mass is 471 g/mol. The first-order valence-electron chi connectivity index (χ1n) is 13.3. The number of nitrogens with one attached hydrogen (secondary N) is 2. The van der Waals surface area contributed by atoms with E-state index in [4.69, 9.17) is 14.2 Å². The second kappa shape index (κ2) is 10.8. The van der Waals surface area contributed by atoms with Crippen molar-refractivity contribution in [2.24, 2.45) is 11.8 Å². The molecule has 7 heteroatoms. The van der Waals surface area contributed by atoms with Crippen LogP contribution in [0.3, 0.4) is 0 Å². The van der Waals surface area contributed by atoms with Gasteiger partial charge in [-0.2, -0.15) is 0 Å². The van der Waals surface area contributed by atoms with Crippen LogP contribution in [0.25, 0.3) is 5.70 Å². The van der Waals surface area contributed by atoms with Crippen LogP contribution in [0, 0.1) is 11.8 Å². The number of aliphatic hydroxyl groups is 1. The number of methoxy groups -OCH3 is 1. The molecule has 7 nitrogen and oxygen atoms in total. The molecule has 1 atom stereocenters. The molecular formula is C27H41N3O4. The predicted molar refractivity (Wildman–Crippen MR) is 134 cm³/mol. The highest BCUT2D eigenvalue weighted by atomic mass is 16.7. The molecule has 3 fully saturated rings. The van der Waals surface area contributed by atoms with E-state index in [9.17, 15) is 5.11 Å². The zero-order valence-corrected chi connectivity index (χ0v) is 20.6. The van der Waals surface area contributed by atoms with Crippen LogP contribution in [0.5, 0.6) is 5.75 Å². The minimum absolute atomic E-state index is 0.264. The SMILES string of the molecule is COc1ccc2c(c1)C(NCCC1CCN(CCC3CCCCC34OCCO4)CC1)=C(O)CN2. The van der Waals surface area contributed by atoms with Gasteiger partial charge < -0.3 is 34.9 Å². The van der Waals surface area contributed by atoms with E-state index in [0.29, 0.717) is 18.2 Å². The van der Waals surface area contributed by atoms with Gasteiger partial charge in [0, 0.05) is 30.1 Å². The zero-order valence-electron chi connectivity index (χ0n) is 20.6. The smallest absolute Gasteiger partial charge is 0.171 e. The van der Waals surface area contributed by atoms with E-state index in [-0.39, 0.29) is 5.79 Å². The Morgan fingerprint density at radius 2 is 1.97 bits per heavy atom. The molecule has 1 saturated carbocycles. The molecule has 4 aliphatic rings. The molecule has 2 saturated heterocycles. The van der Waals surface area contributed by atoms with Crippen molar-refractivity contribution in [2.75, 3.05) is 58.4 Å². The number of nitrogens with zero attached hydrogens (tertiary/aromatic N) is 1. The number of anilines is 1. The number of aliphatic hydroxyl groups excluding tert-OH is 1. The maximum absolute atomic E-state index is 10.5. The van der Waals surface area contributed by atoms with E-state index in [1.165, 1.54) is 51.6 Å². The molecule has 34 heavy (non-hydrogen) atoms. The largest absolute Gasteiger partial charge is 0.508 e. The van der Waals surface area contributed by atoms with Crippen LogP contribution in [0.2, 0.25) is 0 Å². The number of rotatable bonds is 8. The number of hydrogen-bond donors (Lipinski definition) is 3. The predicted octanol–water partition coefficient (Wildman–Crippen LogP) is 4.36. The first-order valence-corrected chi connectivity index (χ1v) is 13.3. The van der Waals surface area contributed by atoms with Gasteiger partial charge >= 0.3 is 0 Å². The van der Waals surface area contributed by atoms with Crippen LogP contribution < -0.4 is 15.4 Å². The number of likely N-dealkylation sites (tertiary alicyclic amines) is 1. The number of piperidine rings is 1. The molecule has 1 unspecified atom stereocenters. The van der Waals surface area contributed by atoms with Crippen molar-refractivity contribution in [3.63, 3.8) is 0 Å². The summed E-state index contributed by atoms with van der Waals surface area (Å²) in [7, 11) is 1.67. The molecule has 3 aliphatic heterocycles. The molecule has 1 spiro atoms. The summed E-state index contributed by atoms with van der Waals surface area (Å²) in [5.41, 5.74) is 2.85. The minimum atomic E-state index is -0.264. The van der Waals surface area contributed by atoms with Crippen molar-refractivity contribution in [3.05, 3.63) is 29.5 Å². The van der Waals surface area contributed by atoms with Crippen LogP contribution in [-0.4, -0.2) is 68.8 Å². The Balaban J connectivity index is 1.06. The highest BCUT2D eigenvalue weighted by molar-refractivity contribution is 5.80. The second-order valence-corrected chi connectivity index (χ2v) is 10.3. The fourth-order valence-corrected chi connectivity index (χ4v) is 6.27. The van der Waals surface area contributed by atoms with Gasteiger partial charge in [0.05, 0.1) is 32.6 Å². The summed E-state index contributed by atoms with van der Waals surface area (Å²) >= 11 is 0. The first-order chi connectivity index (χ1) is 16.7. The molecule has 1 aromatic rings. The second-order valence-electron chi connectivity index (χ2n) is 10.3. The van der Waals surface area contributed by atoms with Gasteiger partial charge in [0.2, 0.25) is 0 Å². The molecule has 3 N–H and O–H groups in total. The standard InChI is InChI=1S/C27H41N3O4/c1-32-22-5-6-24-23(18-22)26(25(31)19-29-24)28-12-7-20-8-13-30(14-9-20)15-10-21-4-2-3-11-27(21)33-16-17-34-27/h5-6,18,20-21,28-29,31H,2-4,7-17,19H2,1H3. The average molecular weight is 472 g/mol. The van der Waals surface area contributed by atoms with Crippen molar-refractivity contribution < 1.29 is 19.3 Å². The normalized spacial score (nSPS) is 25.3. The lowest BCUT2D eigenvalue weighted by Crippen LogP contribution is -2.44. The van der Waals surface area contributed by atoms with Gasteiger partial charge in [0.25, 0.3) is 0 Å². The van der Waals surface area contributed by atoms with Crippen molar-refractivity contribution >= 4 is 11.4 Å². The van der Waals surface area contributed by atoms with Gasteiger partial charge in [0.15, 0.2) is 5.79 Å². The Morgan fingerprint density at radius 3 is 2.76 bits per heavy atom. The fraction of sp³-hybridized carbons (Fsp3) is 0.704. The number of fused-ring (bicyclic) bond motifs is 1. The van der Waals surface area contributed by atoms with Crippen LogP contribution in [0.1, 0.15) is 56.9 Å². The molecule has 0 radical (unpaired) electrons. The van der Waals surface area contributed by atoms with Gasteiger partial charge in [0.1, 0.15) is 11.5 Å². The third-order valence-corrected chi connectivity index (χ3v) is 8.31. The molecule has 0 aromatic heterocycles. The lowest BCUT2D eigenvalue weighted by atomic mass is 9.81. The molecule has 1 aliphatic carbocycles. The lowest BCUT2D eigenvalue weighted by Gasteiger charge is -2.41. The Labute approximate surface area is 203 Å². The Morgan fingerprint density at radius 1 is 1.15 bits per heavy atom. The van der Waals surface area contributed by atoms with Gasteiger partial charge in [-0.3, -0.25) is 0 Å². The highest BCUT2D eigenvalue weighted by Gasteiger charge is 2.45. The van der Waals surface area contributed by atoms with E-state index in [1.54, 1.807) is 7.11 Å². The van der Waals surface area contributed by atoms with Crippen LogP contribution in [-0.2, 0) is 9.47 Å². The zero-order chi connectivity index (χ0) is 23.4. The average Bonchev–Trinajstić information content (AvgIpc) is 3.34. The third-order valence-electron chi connectivity index (χ3n) is 8.31. The quantitative estimate of drug-likeness (QED) is 0.520. The molecule has 0 amide bonds. The van der Waals surface area contributed by atoms with Crippen molar-refractivity contribution in [2.45, 2.75) is 57.2 Å². The van der Waals surface area contributed by atoms with E-state index in [2.05, 4.69) is 15.5 Å². The minimum Gasteiger partial charge on any atom is -0.508 e. The van der Waals surface area contributed by atoms with E-state index >= 15 is 0 Å². The summed E-state index contributed by atoms with van der Waals surface area (Å²) < 4.78 is 17.6. The number of ether oxygens (including phenoxy) is 3. The topological polar surface area (TPSA) is 75.2 Å². The molecular weight excluding hydrogens is 430 g/mol. The highest BCUT2D eigenvalue weighted by Crippen LogP contribution is 2.42. The Kier molecular flexibility index (Phi) is 7.52. The summed E-state index contributed by atoms with van der Waals surface area (Å²) in [6.45, 7) is 6.39. The van der Waals surface area contributed by atoms with Gasteiger partial charge in [-0.1, -0.05) is 6.42 Å². The van der Waals surface area contributed by atoms with E-state index < -0.39 is 0 Å². The van der Waals surface area contributed by atoms with Gasteiger partial charge in [-0.05, 0) is 82.3 Å². The summed E-state index contributed by atoms with van der Waals surface area (Å²) in [5, 5.41) is 17.3. The number of hydrogen-bond acceptors (Lipinski definition) is 7. The molecule has 5 rings (SSSR count). The summed E-state index contributed by atoms with van der Waals surface area (Å²) in [4.78, 5) is 2.64. The Bertz CT molecular complexity index is 859. The fourth-order valence-electron chi connectivity index (χ4n) is 6.27.